The van der Waals surface area contributed by atoms with Crippen LogP contribution in [0, 0.1) is 0 Å². The van der Waals surface area contributed by atoms with E-state index in [0.717, 1.165) is 74.4 Å². The Labute approximate surface area is 199 Å². The Morgan fingerprint density at radius 2 is 1.67 bits per heavy atom. The summed E-state index contributed by atoms with van der Waals surface area (Å²) in [4.78, 5) is 15.2. The molecule has 7 heteroatoms. The molecular formula is C26H29ClN4O2. The van der Waals surface area contributed by atoms with Crippen molar-refractivity contribution in [3.63, 3.8) is 0 Å². The van der Waals surface area contributed by atoms with Crippen molar-refractivity contribution >= 4 is 23.3 Å². The van der Waals surface area contributed by atoms with Crippen LogP contribution in [0.3, 0.4) is 0 Å². The van der Waals surface area contributed by atoms with Crippen molar-refractivity contribution < 1.29 is 4.74 Å². The van der Waals surface area contributed by atoms with E-state index in [1.54, 1.807) is 10.6 Å². The van der Waals surface area contributed by atoms with Gasteiger partial charge < -0.3 is 4.74 Å². The average molecular weight is 465 g/mol. The number of ether oxygens (including phenoxy) is 1. The largest absolute Gasteiger partial charge is 0.379 e. The number of hydrogen-bond acceptors (Lipinski definition) is 4. The summed E-state index contributed by atoms with van der Waals surface area (Å²) in [7, 11) is 0. The Hall–Kier alpha value is -2.93. The zero-order chi connectivity index (χ0) is 21.8. The third-order valence-electron chi connectivity index (χ3n) is 6.16. The molecule has 6 nitrogen and oxygen atoms in total. The molecule has 2 aromatic carbocycles. The number of benzene rings is 2. The monoisotopic (exact) mass is 464 g/mol. The van der Waals surface area contributed by atoms with E-state index in [2.05, 4.69) is 28.2 Å². The number of morpholine rings is 1. The number of aryl methyl sites for hydroxylation is 2. The molecule has 0 N–H and O–H groups in total. The van der Waals surface area contributed by atoms with Gasteiger partial charge in [0.05, 0.1) is 31.5 Å². The minimum Gasteiger partial charge on any atom is -0.379 e. The topological polar surface area (TPSA) is 52.3 Å². The highest BCUT2D eigenvalue weighted by Gasteiger charge is 2.12. The van der Waals surface area contributed by atoms with Crippen LogP contribution in [0.25, 0.3) is 16.6 Å². The average Bonchev–Trinajstić information content (AvgIpc) is 3.25. The lowest BCUT2D eigenvalue weighted by Gasteiger charge is -2.26. The first-order chi connectivity index (χ1) is 15.8. The second kappa shape index (κ2) is 10.8. The van der Waals surface area contributed by atoms with Gasteiger partial charge in [-0.15, -0.1) is 12.4 Å². The molecule has 172 valence electrons. The normalized spacial score (nSPS) is 14.3. The maximum absolute atomic E-state index is 12.8. The van der Waals surface area contributed by atoms with E-state index in [9.17, 15) is 4.79 Å². The molecule has 0 unspecified atom stereocenters. The van der Waals surface area contributed by atoms with Crippen LogP contribution in [-0.4, -0.2) is 52.1 Å². The molecule has 3 heterocycles. The summed E-state index contributed by atoms with van der Waals surface area (Å²) in [5.41, 5.74) is 4.30. The second-order valence-electron chi connectivity index (χ2n) is 8.29. The summed E-state index contributed by atoms with van der Waals surface area (Å²) in [6, 6.07) is 20.3. The van der Waals surface area contributed by atoms with Crippen molar-refractivity contribution in [3.05, 3.63) is 94.5 Å². The van der Waals surface area contributed by atoms with E-state index in [-0.39, 0.29) is 18.0 Å². The highest BCUT2D eigenvalue weighted by molar-refractivity contribution is 5.85. The van der Waals surface area contributed by atoms with Crippen LogP contribution in [0.15, 0.2) is 77.9 Å². The molecule has 5 rings (SSSR count). The summed E-state index contributed by atoms with van der Waals surface area (Å²) in [6.07, 6.45) is 5.55. The van der Waals surface area contributed by atoms with Gasteiger partial charge in [-0.3, -0.25) is 18.9 Å². The fraction of sp³-hybridized carbons (Fsp3) is 0.308. The molecule has 1 aliphatic rings. The van der Waals surface area contributed by atoms with Crippen molar-refractivity contribution in [2.75, 3.05) is 32.8 Å². The molecule has 1 saturated heterocycles. The Balaban J connectivity index is 0.00000259. The van der Waals surface area contributed by atoms with Gasteiger partial charge in [0.2, 0.25) is 0 Å². The summed E-state index contributed by atoms with van der Waals surface area (Å²) < 4.78 is 9.17. The standard InChI is InChI=1S/C26H28N4O2.ClH/c31-26-18-22(7-6-21-4-2-1-3-5-21)10-11-29(26)24-8-9-25-23(19-24)20-27-30(25)13-12-28-14-16-32-17-15-28;/h1-5,8-11,18-20H,6-7,12-17H2;1H. The number of halogens is 1. The summed E-state index contributed by atoms with van der Waals surface area (Å²) in [6.45, 7) is 5.39. The predicted octanol–water partition coefficient (Wildman–Crippen LogP) is 3.73. The number of rotatable bonds is 7. The molecule has 0 bridgehead atoms. The first-order valence-corrected chi connectivity index (χ1v) is 11.3. The number of hydrogen-bond donors (Lipinski definition) is 0. The molecule has 2 aromatic heterocycles. The Morgan fingerprint density at radius 3 is 2.45 bits per heavy atom. The van der Waals surface area contributed by atoms with Gasteiger partial charge in [0.25, 0.3) is 5.56 Å². The third-order valence-corrected chi connectivity index (χ3v) is 6.16. The molecule has 1 fully saturated rings. The zero-order valence-electron chi connectivity index (χ0n) is 18.6. The van der Waals surface area contributed by atoms with Gasteiger partial charge in [0.1, 0.15) is 0 Å². The number of aromatic nitrogens is 3. The molecular weight excluding hydrogens is 436 g/mol. The van der Waals surface area contributed by atoms with Gasteiger partial charge in [-0.2, -0.15) is 5.10 Å². The van der Waals surface area contributed by atoms with Crippen LogP contribution in [0.1, 0.15) is 11.1 Å². The van der Waals surface area contributed by atoms with Crippen molar-refractivity contribution in [2.45, 2.75) is 19.4 Å². The molecule has 0 spiro atoms. The molecule has 1 aliphatic heterocycles. The van der Waals surface area contributed by atoms with Crippen molar-refractivity contribution in [1.82, 2.24) is 19.2 Å². The Bertz CT molecular complexity index is 1250. The van der Waals surface area contributed by atoms with Crippen molar-refractivity contribution in [1.29, 1.82) is 0 Å². The number of fused-ring (bicyclic) bond motifs is 1. The number of pyridine rings is 1. The van der Waals surface area contributed by atoms with E-state index in [1.807, 2.05) is 53.5 Å². The molecule has 4 aromatic rings. The fourth-order valence-electron chi connectivity index (χ4n) is 4.29. The summed E-state index contributed by atoms with van der Waals surface area (Å²) >= 11 is 0. The zero-order valence-corrected chi connectivity index (χ0v) is 19.4. The van der Waals surface area contributed by atoms with Crippen molar-refractivity contribution in [2.24, 2.45) is 0 Å². The lowest BCUT2D eigenvalue weighted by atomic mass is 10.1. The van der Waals surface area contributed by atoms with Crippen LogP contribution in [-0.2, 0) is 24.1 Å². The van der Waals surface area contributed by atoms with Crippen LogP contribution in [0.5, 0.6) is 0 Å². The molecule has 0 radical (unpaired) electrons. The van der Waals surface area contributed by atoms with Gasteiger partial charge in [-0.1, -0.05) is 30.3 Å². The van der Waals surface area contributed by atoms with E-state index in [4.69, 9.17) is 4.74 Å². The van der Waals surface area contributed by atoms with E-state index >= 15 is 0 Å². The van der Waals surface area contributed by atoms with E-state index in [1.165, 1.54) is 5.56 Å². The van der Waals surface area contributed by atoms with E-state index in [0.29, 0.717) is 0 Å². The highest BCUT2D eigenvalue weighted by Crippen LogP contribution is 2.18. The molecule has 0 amide bonds. The summed E-state index contributed by atoms with van der Waals surface area (Å²) in [5, 5.41) is 5.62. The molecule has 0 aliphatic carbocycles. The van der Waals surface area contributed by atoms with Gasteiger partial charge in [-0.05, 0) is 48.2 Å². The quantitative estimate of drug-likeness (QED) is 0.418. The minimum absolute atomic E-state index is 0. The van der Waals surface area contributed by atoms with Gasteiger partial charge in [-0.25, -0.2) is 0 Å². The fourth-order valence-corrected chi connectivity index (χ4v) is 4.29. The first-order valence-electron chi connectivity index (χ1n) is 11.3. The van der Waals surface area contributed by atoms with Gasteiger partial charge in [0.15, 0.2) is 0 Å². The Kier molecular flexibility index (Phi) is 7.60. The van der Waals surface area contributed by atoms with Gasteiger partial charge >= 0.3 is 0 Å². The molecule has 0 saturated carbocycles. The third kappa shape index (κ3) is 5.53. The first kappa shape index (κ1) is 23.2. The maximum Gasteiger partial charge on any atom is 0.255 e. The van der Waals surface area contributed by atoms with Crippen LogP contribution < -0.4 is 5.56 Å². The molecule has 0 atom stereocenters. The lowest BCUT2D eigenvalue weighted by Crippen LogP contribution is -2.38. The van der Waals surface area contributed by atoms with Gasteiger partial charge in [0, 0.05) is 43.0 Å². The second-order valence-corrected chi connectivity index (χ2v) is 8.29. The van der Waals surface area contributed by atoms with Crippen LogP contribution in [0.4, 0.5) is 0 Å². The smallest absolute Gasteiger partial charge is 0.255 e. The number of nitrogens with zero attached hydrogens (tertiary/aromatic N) is 4. The SMILES string of the molecule is Cl.O=c1cc(CCc2ccccc2)ccn1-c1ccc2c(cnn2CCN2CCOCC2)c1. The molecule has 33 heavy (non-hydrogen) atoms. The van der Waals surface area contributed by atoms with E-state index < -0.39 is 0 Å². The van der Waals surface area contributed by atoms with Crippen LogP contribution in [0.2, 0.25) is 0 Å². The lowest BCUT2D eigenvalue weighted by molar-refractivity contribution is 0.0361. The highest BCUT2D eigenvalue weighted by atomic mass is 35.5. The maximum atomic E-state index is 12.8. The summed E-state index contributed by atoms with van der Waals surface area (Å²) in [5.74, 6) is 0. The van der Waals surface area contributed by atoms with Crippen molar-refractivity contribution in [3.8, 4) is 5.69 Å². The minimum atomic E-state index is -0.00498. The Morgan fingerprint density at radius 1 is 0.879 bits per heavy atom. The predicted molar refractivity (Wildman–Crippen MR) is 134 cm³/mol. The van der Waals surface area contributed by atoms with Crippen LogP contribution >= 0.6 is 12.4 Å².